The lowest BCUT2D eigenvalue weighted by Gasteiger charge is -2.29. The van der Waals surface area contributed by atoms with Gasteiger partial charge in [-0.3, -0.25) is 0 Å². The molecule has 0 aliphatic heterocycles. The Morgan fingerprint density at radius 3 is 2.50 bits per heavy atom. The van der Waals surface area contributed by atoms with Gasteiger partial charge in [0.05, 0.1) is 0 Å². The van der Waals surface area contributed by atoms with Crippen molar-refractivity contribution in [1.29, 1.82) is 0 Å². The van der Waals surface area contributed by atoms with Crippen molar-refractivity contribution in [3.05, 3.63) is 0 Å². The van der Waals surface area contributed by atoms with Crippen LogP contribution >= 0.6 is 0 Å². The van der Waals surface area contributed by atoms with Crippen molar-refractivity contribution in [3.8, 4) is 0 Å². The fourth-order valence-corrected chi connectivity index (χ4v) is 2.78. The van der Waals surface area contributed by atoms with Crippen molar-refractivity contribution in [2.45, 2.75) is 57.5 Å². The molecular formula is C11H21N. The van der Waals surface area contributed by atoms with Crippen LogP contribution in [0.1, 0.15) is 45.4 Å². The third-order valence-electron chi connectivity index (χ3n) is 3.79. The molecule has 2 saturated carbocycles. The van der Waals surface area contributed by atoms with Crippen molar-refractivity contribution >= 4 is 0 Å². The molecule has 2 unspecified atom stereocenters. The van der Waals surface area contributed by atoms with Crippen LogP contribution in [0.25, 0.3) is 0 Å². The second-order valence-corrected chi connectivity index (χ2v) is 4.56. The van der Waals surface area contributed by atoms with Crippen LogP contribution in [0.4, 0.5) is 0 Å². The standard InChI is InChI=1S/C11H21N/c1-3-9-5-4-6-11(9)12(2)10-7-8-10/h9-11H,3-8H2,1-2H3. The summed E-state index contributed by atoms with van der Waals surface area (Å²) in [6.07, 6.45) is 8.73. The SMILES string of the molecule is CCC1CCCC1N(C)C1CC1. The van der Waals surface area contributed by atoms with Crippen molar-refractivity contribution in [2.75, 3.05) is 7.05 Å². The van der Waals surface area contributed by atoms with Crippen LogP contribution in [-0.2, 0) is 0 Å². The van der Waals surface area contributed by atoms with Gasteiger partial charge in [0.25, 0.3) is 0 Å². The van der Waals surface area contributed by atoms with E-state index in [4.69, 9.17) is 0 Å². The molecule has 2 aliphatic rings. The monoisotopic (exact) mass is 167 g/mol. The molecule has 70 valence electrons. The lowest BCUT2D eigenvalue weighted by Crippen LogP contribution is -2.35. The first kappa shape index (κ1) is 8.55. The second-order valence-electron chi connectivity index (χ2n) is 4.56. The van der Waals surface area contributed by atoms with E-state index in [9.17, 15) is 0 Å². The Morgan fingerprint density at radius 1 is 1.17 bits per heavy atom. The molecular weight excluding hydrogens is 146 g/mol. The van der Waals surface area contributed by atoms with Gasteiger partial charge in [-0.05, 0) is 38.6 Å². The maximum atomic E-state index is 2.67. The number of hydrogen-bond donors (Lipinski definition) is 0. The molecule has 2 atom stereocenters. The second kappa shape index (κ2) is 3.37. The zero-order valence-corrected chi connectivity index (χ0v) is 8.42. The van der Waals surface area contributed by atoms with Gasteiger partial charge in [-0.1, -0.05) is 19.8 Å². The van der Waals surface area contributed by atoms with Gasteiger partial charge in [0.15, 0.2) is 0 Å². The Kier molecular flexibility index (Phi) is 2.40. The summed E-state index contributed by atoms with van der Waals surface area (Å²) in [6.45, 7) is 2.35. The molecule has 2 aliphatic carbocycles. The minimum atomic E-state index is 0.933. The molecule has 0 aromatic carbocycles. The third kappa shape index (κ3) is 1.52. The highest BCUT2D eigenvalue weighted by atomic mass is 15.2. The third-order valence-corrected chi connectivity index (χ3v) is 3.79. The predicted octanol–water partition coefficient (Wildman–Crippen LogP) is 2.66. The summed E-state index contributed by atoms with van der Waals surface area (Å²) in [7, 11) is 2.34. The van der Waals surface area contributed by atoms with E-state index in [0.717, 1.165) is 18.0 Å². The fraction of sp³-hybridized carbons (Fsp3) is 1.00. The van der Waals surface area contributed by atoms with Crippen molar-refractivity contribution < 1.29 is 0 Å². The zero-order valence-electron chi connectivity index (χ0n) is 8.42. The van der Waals surface area contributed by atoms with E-state index < -0.39 is 0 Å². The maximum absolute atomic E-state index is 2.67. The molecule has 0 aromatic rings. The molecule has 12 heavy (non-hydrogen) atoms. The van der Waals surface area contributed by atoms with E-state index in [1.165, 1.54) is 38.5 Å². The fourth-order valence-electron chi connectivity index (χ4n) is 2.78. The topological polar surface area (TPSA) is 3.24 Å². The Balaban J connectivity index is 1.91. The van der Waals surface area contributed by atoms with Gasteiger partial charge in [0.1, 0.15) is 0 Å². The van der Waals surface area contributed by atoms with Crippen LogP contribution in [0.3, 0.4) is 0 Å². The van der Waals surface area contributed by atoms with Crippen molar-refractivity contribution in [1.82, 2.24) is 4.90 Å². The predicted molar refractivity (Wildman–Crippen MR) is 52.2 cm³/mol. The minimum absolute atomic E-state index is 0.933. The average molecular weight is 167 g/mol. The Hall–Kier alpha value is -0.0400. The van der Waals surface area contributed by atoms with Gasteiger partial charge in [-0.25, -0.2) is 0 Å². The Bertz CT molecular complexity index is 151. The van der Waals surface area contributed by atoms with E-state index in [2.05, 4.69) is 18.9 Å². The maximum Gasteiger partial charge on any atom is 0.0123 e. The first-order valence-corrected chi connectivity index (χ1v) is 5.55. The first-order chi connectivity index (χ1) is 5.83. The molecule has 1 heteroatoms. The van der Waals surface area contributed by atoms with Crippen LogP contribution < -0.4 is 0 Å². The molecule has 0 heterocycles. The highest BCUT2D eigenvalue weighted by Gasteiger charge is 2.36. The molecule has 0 saturated heterocycles. The van der Waals surface area contributed by atoms with E-state index in [1.807, 2.05) is 0 Å². The number of rotatable bonds is 3. The van der Waals surface area contributed by atoms with Crippen LogP contribution in [-0.4, -0.2) is 24.0 Å². The average Bonchev–Trinajstić information content (AvgIpc) is 2.82. The molecule has 2 fully saturated rings. The van der Waals surface area contributed by atoms with E-state index in [1.54, 1.807) is 0 Å². The zero-order chi connectivity index (χ0) is 8.55. The van der Waals surface area contributed by atoms with Crippen molar-refractivity contribution in [2.24, 2.45) is 5.92 Å². The summed E-state index contributed by atoms with van der Waals surface area (Å²) >= 11 is 0. The highest BCUT2D eigenvalue weighted by molar-refractivity contribution is 4.91. The Morgan fingerprint density at radius 2 is 1.92 bits per heavy atom. The molecule has 0 N–H and O–H groups in total. The molecule has 0 bridgehead atoms. The molecule has 1 nitrogen and oxygen atoms in total. The lowest BCUT2D eigenvalue weighted by atomic mass is 9.99. The molecule has 0 spiro atoms. The summed E-state index contributed by atoms with van der Waals surface area (Å²) in [5.74, 6) is 1.01. The molecule has 0 amide bonds. The quantitative estimate of drug-likeness (QED) is 0.624. The summed E-state index contributed by atoms with van der Waals surface area (Å²) in [6, 6.07) is 1.89. The molecule has 2 rings (SSSR count). The van der Waals surface area contributed by atoms with Gasteiger partial charge in [0, 0.05) is 12.1 Å². The largest absolute Gasteiger partial charge is 0.300 e. The van der Waals surface area contributed by atoms with E-state index >= 15 is 0 Å². The normalized spacial score (nSPS) is 36.2. The van der Waals surface area contributed by atoms with Crippen molar-refractivity contribution in [3.63, 3.8) is 0 Å². The molecule has 0 radical (unpaired) electrons. The van der Waals surface area contributed by atoms with Gasteiger partial charge >= 0.3 is 0 Å². The van der Waals surface area contributed by atoms with Crippen LogP contribution in [0.2, 0.25) is 0 Å². The summed E-state index contributed by atoms with van der Waals surface area (Å²) in [5.41, 5.74) is 0. The van der Waals surface area contributed by atoms with Gasteiger partial charge in [-0.2, -0.15) is 0 Å². The van der Waals surface area contributed by atoms with Crippen LogP contribution in [0, 0.1) is 5.92 Å². The highest BCUT2D eigenvalue weighted by Crippen LogP contribution is 2.37. The summed E-state index contributed by atoms with van der Waals surface area (Å²) in [4.78, 5) is 2.67. The summed E-state index contributed by atoms with van der Waals surface area (Å²) in [5, 5.41) is 0. The van der Waals surface area contributed by atoms with Gasteiger partial charge in [-0.15, -0.1) is 0 Å². The minimum Gasteiger partial charge on any atom is -0.300 e. The Labute approximate surface area is 76.1 Å². The molecule has 0 aromatic heterocycles. The van der Waals surface area contributed by atoms with E-state index in [-0.39, 0.29) is 0 Å². The number of nitrogens with zero attached hydrogens (tertiary/aromatic N) is 1. The van der Waals surface area contributed by atoms with Gasteiger partial charge < -0.3 is 4.90 Å². The van der Waals surface area contributed by atoms with Crippen LogP contribution in [0.5, 0.6) is 0 Å². The smallest absolute Gasteiger partial charge is 0.0123 e. The lowest BCUT2D eigenvalue weighted by molar-refractivity contribution is 0.185. The number of hydrogen-bond acceptors (Lipinski definition) is 1. The van der Waals surface area contributed by atoms with Crippen LogP contribution in [0.15, 0.2) is 0 Å². The van der Waals surface area contributed by atoms with Gasteiger partial charge in [0.2, 0.25) is 0 Å². The van der Waals surface area contributed by atoms with E-state index in [0.29, 0.717) is 0 Å². The summed E-state index contributed by atoms with van der Waals surface area (Å²) < 4.78 is 0. The first-order valence-electron chi connectivity index (χ1n) is 5.55.